The maximum Gasteiger partial charge on any atom is 0.415 e. The van der Waals surface area contributed by atoms with E-state index in [1.165, 1.54) is 34.4 Å². The monoisotopic (exact) mass is 510 g/mol. The molecular formula is C21H17BrF2N2O4S. The molecule has 1 amide bonds. The number of hydrogen-bond acceptors (Lipinski definition) is 5. The molecule has 162 valence electrons. The third-order valence-electron chi connectivity index (χ3n) is 4.41. The summed E-state index contributed by atoms with van der Waals surface area (Å²) in [5.74, 6) is -1.52. The van der Waals surface area contributed by atoms with Gasteiger partial charge in [0.05, 0.1) is 18.1 Å². The number of anilines is 1. The quantitative estimate of drug-likeness (QED) is 0.202. The summed E-state index contributed by atoms with van der Waals surface area (Å²) in [5.41, 5.74) is 1.25. The van der Waals surface area contributed by atoms with Crippen molar-refractivity contribution in [3.63, 3.8) is 0 Å². The van der Waals surface area contributed by atoms with E-state index in [9.17, 15) is 23.7 Å². The molecule has 0 spiro atoms. The zero-order valence-corrected chi connectivity index (χ0v) is 18.7. The van der Waals surface area contributed by atoms with Crippen molar-refractivity contribution < 1.29 is 23.2 Å². The second-order valence-corrected chi connectivity index (χ2v) is 7.95. The Morgan fingerprint density at radius 3 is 2.39 bits per heavy atom. The van der Waals surface area contributed by atoms with Gasteiger partial charge in [0.1, 0.15) is 16.6 Å². The van der Waals surface area contributed by atoms with E-state index in [0.29, 0.717) is 10.3 Å². The van der Waals surface area contributed by atoms with Gasteiger partial charge in [-0.1, -0.05) is 22.0 Å². The Bertz CT molecular complexity index is 1090. The highest BCUT2D eigenvalue weighted by Crippen LogP contribution is 2.40. The number of nitro benzene ring substituents is 1. The molecular weight excluding hydrogens is 494 g/mol. The maximum absolute atomic E-state index is 14.2. The molecule has 10 heteroatoms. The van der Waals surface area contributed by atoms with Crippen molar-refractivity contribution in [3.05, 3.63) is 81.4 Å². The van der Waals surface area contributed by atoms with E-state index in [0.717, 1.165) is 28.1 Å². The van der Waals surface area contributed by atoms with Gasteiger partial charge in [0, 0.05) is 27.9 Å². The summed E-state index contributed by atoms with van der Waals surface area (Å²) in [5, 5.41) is 11.8. The number of carbonyl (C=O) groups is 1. The lowest BCUT2D eigenvalue weighted by Crippen LogP contribution is -2.31. The minimum atomic E-state index is -0.762. The Balaban J connectivity index is 2.03. The van der Waals surface area contributed by atoms with Crippen LogP contribution in [0.25, 0.3) is 10.4 Å². The lowest BCUT2D eigenvalue weighted by atomic mass is 10.1. The number of non-ortho nitro benzene ring substituents is 1. The highest BCUT2D eigenvalue weighted by Gasteiger charge is 2.24. The Kier molecular flexibility index (Phi) is 7.34. The number of hydrogen-bond donors (Lipinski definition) is 0. The smallest absolute Gasteiger partial charge is 0.415 e. The lowest BCUT2D eigenvalue weighted by molar-refractivity contribution is -0.384. The topological polar surface area (TPSA) is 72.7 Å². The van der Waals surface area contributed by atoms with Crippen LogP contribution in [-0.2, 0) is 16.6 Å². The first kappa shape index (κ1) is 22.8. The first-order valence-electron chi connectivity index (χ1n) is 9.16. The Labute approximate surface area is 189 Å². The van der Waals surface area contributed by atoms with Crippen LogP contribution < -0.4 is 4.90 Å². The lowest BCUT2D eigenvalue weighted by Gasteiger charge is -2.21. The van der Waals surface area contributed by atoms with Gasteiger partial charge in [0.25, 0.3) is 5.69 Å². The molecule has 0 unspecified atom stereocenters. The molecule has 0 aliphatic carbocycles. The molecule has 6 nitrogen and oxygen atoms in total. The number of alkyl halides is 1. The third kappa shape index (κ3) is 5.08. The predicted molar refractivity (Wildman–Crippen MR) is 119 cm³/mol. The second-order valence-electron chi connectivity index (χ2n) is 6.36. The van der Waals surface area contributed by atoms with Gasteiger partial charge in [-0.3, -0.25) is 15.0 Å². The molecule has 0 atom stereocenters. The molecule has 1 heterocycles. The minimum Gasteiger partial charge on any atom is -0.449 e. The molecule has 0 fully saturated rings. The van der Waals surface area contributed by atoms with Crippen molar-refractivity contribution in [2.75, 3.05) is 11.5 Å². The van der Waals surface area contributed by atoms with Crippen LogP contribution in [0.15, 0.2) is 48.5 Å². The zero-order chi connectivity index (χ0) is 22.5. The summed E-state index contributed by atoms with van der Waals surface area (Å²) in [6, 6.07) is 11.3. The van der Waals surface area contributed by atoms with Gasteiger partial charge in [0.2, 0.25) is 0 Å². The van der Waals surface area contributed by atoms with E-state index in [1.807, 2.05) is 0 Å². The number of carbonyl (C=O) groups excluding carboxylic acids is 1. The molecule has 0 saturated heterocycles. The van der Waals surface area contributed by atoms with Crippen molar-refractivity contribution >= 4 is 44.0 Å². The van der Waals surface area contributed by atoms with E-state index in [2.05, 4.69) is 15.9 Å². The number of thiophene rings is 1. The number of amides is 1. The zero-order valence-electron chi connectivity index (χ0n) is 16.3. The van der Waals surface area contributed by atoms with Crippen LogP contribution >= 0.6 is 27.3 Å². The first-order valence-corrected chi connectivity index (χ1v) is 11.1. The van der Waals surface area contributed by atoms with Gasteiger partial charge in [-0.05, 0) is 48.4 Å². The number of rotatable bonds is 7. The van der Waals surface area contributed by atoms with Crippen LogP contribution in [0, 0.1) is 21.7 Å². The summed E-state index contributed by atoms with van der Waals surface area (Å²) < 4.78 is 33.5. The summed E-state index contributed by atoms with van der Waals surface area (Å²) in [7, 11) is 0. The molecule has 3 rings (SSSR count). The third-order valence-corrected chi connectivity index (χ3v) is 6.27. The van der Waals surface area contributed by atoms with Gasteiger partial charge in [0.15, 0.2) is 0 Å². The standard InChI is InChI=1S/C21H17BrF2N2O4S/c1-2-30-21(27)25(12-16-17(23)4-3-5-18(16)24)19-10-14(11-22)20(31-19)13-6-8-15(9-7-13)26(28)29/h3-10H,2,11-12H2,1H3. The van der Waals surface area contributed by atoms with Crippen LogP contribution in [0.2, 0.25) is 0 Å². The van der Waals surface area contributed by atoms with Crippen LogP contribution in [0.3, 0.4) is 0 Å². The van der Waals surface area contributed by atoms with E-state index in [4.69, 9.17) is 4.74 Å². The Hall–Kier alpha value is -2.85. The van der Waals surface area contributed by atoms with Crippen LogP contribution in [0.5, 0.6) is 0 Å². The minimum absolute atomic E-state index is 0.0379. The van der Waals surface area contributed by atoms with E-state index in [1.54, 1.807) is 25.1 Å². The van der Waals surface area contributed by atoms with Crippen molar-refractivity contribution in [1.29, 1.82) is 0 Å². The molecule has 2 aromatic carbocycles. The van der Waals surface area contributed by atoms with Gasteiger partial charge in [-0.15, -0.1) is 11.3 Å². The summed E-state index contributed by atoms with van der Waals surface area (Å²) >= 11 is 4.63. The molecule has 0 aliphatic heterocycles. The highest BCUT2D eigenvalue weighted by atomic mass is 79.9. The second kappa shape index (κ2) is 9.97. The van der Waals surface area contributed by atoms with Crippen molar-refractivity contribution in [2.45, 2.75) is 18.8 Å². The molecule has 0 aliphatic rings. The van der Waals surface area contributed by atoms with Crippen molar-refractivity contribution in [1.82, 2.24) is 0 Å². The van der Waals surface area contributed by atoms with Crippen LogP contribution in [0.1, 0.15) is 18.1 Å². The number of nitro groups is 1. The fourth-order valence-electron chi connectivity index (χ4n) is 2.90. The molecule has 1 aromatic heterocycles. The van der Waals surface area contributed by atoms with Crippen LogP contribution in [-0.4, -0.2) is 17.6 Å². The van der Waals surface area contributed by atoms with E-state index >= 15 is 0 Å². The van der Waals surface area contributed by atoms with E-state index < -0.39 is 22.7 Å². The van der Waals surface area contributed by atoms with Crippen molar-refractivity contribution in [2.24, 2.45) is 0 Å². The Morgan fingerprint density at radius 1 is 1.19 bits per heavy atom. The maximum atomic E-state index is 14.2. The summed E-state index contributed by atoms with van der Waals surface area (Å²) in [4.78, 5) is 25.0. The van der Waals surface area contributed by atoms with E-state index in [-0.39, 0.29) is 24.4 Å². The number of benzene rings is 2. The molecule has 0 radical (unpaired) electrons. The summed E-state index contributed by atoms with van der Waals surface area (Å²) in [6.45, 7) is 1.39. The first-order chi connectivity index (χ1) is 14.8. The molecule has 0 saturated carbocycles. The normalized spacial score (nSPS) is 10.7. The van der Waals surface area contributed by atoms with Gasteiger partial charge in [-0.25, -0.2) is 13.6 Å². The fourth-order valence-corrected chi connectivity index (χ4v) is 4.70. The average molecular weight is 511 g/mol. The molecule has 0 bridgehead atoms. The van der Waals surface area contributed by atoms with Crippen LogP contribution in [0.4, 0.5) is 24.3 Å². The molecule has 31 heavy (non-hydrogen) atoms. The van der Waals surface area contributed by atoms with Gasteiger partial charge in [-0.2, -0.15) is 0 Å². The predicted octanol–water partition coefficient (Wildman–Crippen LogP) is 6.66. The SMILES string of the molecule is CCOC(=O)N(Cc1c(F)cccc1F)c1cc(CBr)c(-c2ccc([N+](=O)[O-])cc2)s1. The highest BCUT2D eigenvalue weighted by molar-refractivity contribution is 9.08. The largest absolute Gasteiger partial charge is 0.449 e. The molecule has 3 aromatic rings. The fraction of sp³-hybridized carbons (Fsp3) is 0.190. The number of nitrogens with zero attached hydrogens (tertiary/aromatic N) is 2. The van der Waals surface area contributed by atoms with Crippen molar-refractivity contribution in [3.8, 4) is 10.4 Å². The summed E-state index contributed by atoms with van der Waals surface area (Å²) in [6.07, 6.45) is -0.734. The van der Waals surface area contributed by atoms with Gasteiger partial charge < -0.3 is 4.74 Å². The number of ether oxygens (including phenoxy) is 1. The average Bonchev–Trinajstić information content (AvgIpc) is 3.17. The number of halogens is 3. The van der Waals surface area contributed by atoms with Gasteiger partial charge >= 0.3 is 6.09 Å². The molecule has 0 N–H and O–H groups in total. The Morgan fingerprint density at radius 2 is 1.84 bits per heavy atom.